The summed E-state index contributed by atoms with van der Waals surface area (Å²) in [5.41, 5.74) is 5.91. The molecule has 0 radical (unpaired) electrons. The Bertz CT molecular complexity index is 1510. The number of fused-ring (bicyclic) bond motifs is 4. The average Bonchev–Trinajstić information content (AvgIpc) is 3.32. The Labute approximate surface area is 171 Å². The molecule has 2 heterocycles. The van der Waals surface area contributed by atoms with Crippen LogP contribution in [-0.4, -0.2) is 9.55 Å². The van der Waals surface area contributed by atoms with Gasteiger partial charge in [-0.3, -0.25) is 0 Å². The summed E-state index contributed by atoms with van der Waals surface area (Å²) in [5.74, 6) is 0.598. The minimum Gasteiger partial charge on any atom is -0.436 e. The van der Waals surface area contributed by atoms with Gasteiger partial charge in [0.25, 0.3) is 0 Å². The van der Waals surface area contributed by atoms with Crippen LogP contribution in [0, 0.1) is 0 Å². The van der Waals surface area contributed by atoms with Gasteiger partial charge in [0.05, 0.1) is 11.0 Å². The lowest BCUT2D eigenvalue weighted by atomic mass is 10.1. The maximum atomic E-state index is 6.09. The highest BCUT2D eigenvalue weighted by Gasteiger charge is 2.15. The van der Waals surface area contributed by atoms with Gasteiger partial charge >= 0.3 is 0 Å². The van der Waals surface area contributed by atoms with Crippen molar-refractivity contribution in [2.24, 2.45) is 0 Å². The summed E-state index contributed by atoms with van der Waals surface area (Å²) >= 11 is 6.09. The second kappa shape index (κ2) is 6.23. The molecule has 0 saturated carbocycles. The summed E-state index contributed by atoms with van der Waals surface area (Å²) in [6.45, 7) is 0. The van der Waals surface area contributed by atoms with E-state index in [9.17, 15) is 0 Å². The van der Waals surface area contributed by atoms with E-state index in [4.69, 9.17) is 16.0 Å². The van der Waals surface area contributed by atoms with E-state index >= 15 is 0 Å². The molecule has 138 valence electrons. The summed E-state index contributed by atoms with van der Waals surface area (Å²) in [7, 11) is 0. The Hall–Kier alpha value is -3.56. The van der Waals surface area contributed by atoms with Crippen molar-refractivity contribution in [3.05, 3.63) is 96.0 Å². The molecule has 0 saturated heterocycles. The second-order valence-electron chi connectivity index (χ2n) is 7.05. The van der Waals surface area contributed by atoms with Gasteiger partial charge in [-0.15, -0.1) is 0 Å². The van der Waals surface area contributed by atoms with Crippen LogP contribution >= 0.6 is 11.6 Å². The van der Waals surface area contributed by atoms with Crippen LogP contribution in [0.5, 0.6) is 0 Å². The summed E-state index contributed by atoms with van der Waals surface area (Å²) in [6.07, 6.45) is 0. The van der Waals surface area contributed by atoms with Gasteiger partial charge < -0.3 is 8.98 Å². The summed E-state index contributed by atoms with van der Waals surface area (Å²) in [5, 5.41) is 3.01. The van der Waals surface area contributed by atoms with E-state index < -0.39 is 0 Å². The summed E-state index contributed by atoms with van der Waals surface area (Å²) in [6, 6.07) is 30.7. The van der Waals surface area contributed by atoms with Gasteiger partial charge in [-0.25, -0.2) is 4.98 Å². The third kappa shape index (κ3) is 2.55. The van der Waals surface area contributed by atoms with Crippen molar-refractivity contribution in [3.8, 4) is 17.1 Å². The highest BCUT2D eigenvalue weighted by Crippen LogP contribution is 2.35. The van der Waals surface area contributed by atoms with E-state index in [0.29, 0.717) is 16.5 Å². The molecule has 0 bridgehead atoms. The van der Waals surface area contributed by atoms with Gasteiger partial charge in [0.2, 0.25) is 5.89 Å². The van der Waals surface area contributed by atoms with E-state index in [1.807, 2.05) is 18.2 Å². The normalized spacial score (nSPS) is 11.6. The number of nitrogens with zero attached hydrogens (tertiary/aromatic N) is 2. The van der Waals surface area contributed by atoms with Crippen molar-refractivity contribution in [2.45, 2.75) is 0 Å². The molecule has 4 aromatic carbocycles. The molecule has 3 nitrogen and oxygen atoms in total. The molecule has 0 spiro atoms. The minimum atomic E-state index is 0.598. The number of aromatic nitrogens is 2. The third-order valence-corrected chi connectivity index (χ3v) is 5.52. The molecule has 0 aliphatic carbocycles. The second-order valence-corrected chi connectivity index (χ2v) is 7.49. The van der Waals surface area contributed by atoms with Crippen LogP contribution in [0.2, 0.25) is 5.02 Å². The Morgan fingerprint density at radius 1 is 0.724 bits per heavy atom. The first-order valence-electron chi connectivity index (χ1n) is 9.43. The summed E-state index contributed by atoms with van der Waals surface area (Å²) < 4.78 is 8.28. The largest absolute Gasteiger partial charge is 0.436 e. The Morgan fingerprint density at radius 2 is 1.52 bits per heavy atom. The van der Waals surface area contributed by atoms with Crippen LogP contribution in [-0.2, 0) is 0 Å². The Balaban J connectivity index is 1.62. The fourth-order valence-corrected chi connectivity index (χ4v) is 4.15. The number of hydrogen-bond acceptors (Lipinski definition) is 2. The molecule has 4 heteroatoms. The van der Waals surface area contributed by atoms with Gasteiger partial charge in [-0.05, 0) is 48.5 Å². The van der Waals surface area contributed by atoms with Gasteiger partial charge in [0, 0.05) is 33.1 Å². The zero-order chi connectivity index (χ0) is 19.4. The number of benzene rings is 4. The summed E-state index contributed by atoms with van der Waals surface area (Å²) in [4.78, 5) is 4.64. The lowest BCUT2D eigenvalue weighted by Crippen LogP contribution is -1.92. The lowest BCUT2D eigenvalue weighted by molar-refractivity contribution is 0.620. The third-order valence-electron chi connectivity index (χ3n) is 5.28. The molecule has 0 atom stereocenters. The van der Waals surface area contributed by atoms with E-state index in [1.165, 1.54) is 16.3 Å². The monoisotopic (exact) mass is 394 g/mol. The van der Waals surface area contributed by atoms with E-state index in [2.05, 4.69) is 76.3 Å². The molecular formula is C25H15ClN2O. The van der Waals surface area contributed by atoms with Crippen molar-refractivity contribution in [1.82, 2.24) is 9.55 Å². The molecule has 0 aliphatic rings. The zero-order valence-corrected chi connectivity index (χ0v) is 16.1. The van der Waals surface area contributed by atoms with E-state index in [0.717, 1.165) is 22.3 Å². The highest BCUT2D eigenvalue weighted by molar-refractivity contribution is 6.31. The van der Waals surface area contributed by atoms with Crippen LogP contribution in [0.15, 0.2) is 95.4 Å². The molecule has 0 N–H and O–H groups in total. The first kappa shape index (κ1) is 16.4. The molecular weight excluding hydrogens is 380 g/mol. The predicted octanol–water partition coefficient (Wildman–Crippen LogP) is 7.25. The zero-order valence-electron chi connectivity index (χ0n) is 15.3. The van der Waals surface area contributed by atoms with Crippen molar-refractivity contribution in [1.29, 1.82) is 0 Å². The van der Waals surface area contributed by atoms with Gasteiger partial charge in [-0.2, -0.15) is 0 Å². The van der Waals surface area contributed by atoms with Crippen LogP contribution < -0.4 is 0 Å². The fourth-order valence-electron chi connectivity index (χ4n) is 3.98. The predicted molar refractivity (Wildman–Crippen MR) is 119 cm³/mol. The first-order valence-corrected chi connectivity index (χ1v) is 9.81. The highest BCUT2D eigenvalue weighted by atomic mass is 35.5. The number of hydrogen-bond donors (Lipinski definition) is 0. The number of rotatable bonds is 2. The van der Waals surface area contributed by atoms with Crippen molar-refractivity contribution >= 4 is 44.5 Å². The van der Waals surface area contributed by atoms with Gasteiger partial charge in [0.15, 0.2) is 5.58 Å². The van der Waals surface area contributed by atoms with Crippen LogP contribution in [0.25, 0.3) is 50.0 Å². The molecule has 0 fully saturated rings. The smallest absolute Gasteiger partial charge is 0.227 e. The average molecular weight is 395 g/mol. The Morgan fingerprint density at radius 3 is 2.41 bits per heavy atom. The van der Waals surface area contributed by atoms with Crippen LogP contribution in [0.1, 0.15) is 0 Å². The number of oxazole rings is 1. The Kier molecular flexibility index (Phi) is 3.52. The minimum absolute atomic E-state index is 0.598. The van der Waals surface area contributed by atoms with Gasteiger partial charge in [0.1, 0.15) is 5.52 Å². The van der Waals surface area contributed by atoms with Crippen molar-refractivity contribution in [2.75, 3.05) is 0 Å². The van der Waals surface area contributed by atoms with Gasteiger partial charge in [-0.1, -0.05) is 48.0 Å². The van der Waals surface area contributed by atoms with Crippen LogP contribution in [0.4, 0.5) is 0 Å². The fraction of sp³-hybridized carbons (Fsp3) is 0. The molecule has 2 aromatic heterocycles. The number of halogens is 1. The molecule has 0 aliphatic heterocycles. The van der Waals surface area contributed by atoms with Crippen LogP contribution in [0.3, 0.4) is 0 Å². The van der Waals surface area contributed by atoms with E-state index in [1.54, 1.807) is 6.07 Å². The maximum absolute atomic E-state index is 6.09. The standard InChI is InChI=1S/C25H15ClN2O/c26-17-11-12-21-24(15-17)29-25(27-21)16-10-13-23-20(14-16)19-8-4-5-9-22(19)28(23)18-6-2-1-3-7-18/h1-15H. The molecule has 0 amide bonds. The van der Waals surface area contributed by atoms with E-state index in [-0.39, 0.29) is 0 Å². The SMILES string of the molecule is Clc1ccc2nc(-c3ccc4c(c3)c3ccccc3n4-c3ccccc3)oc2c1. The topological polar surface area (TPSA) is 31.0 Å². The maximum Gasteiger partial charge on any atom is 0.227 e. The molecule has 29 heavy (non-hydrogen) atoms. The molecule has 6 rings (SSSR count). The quantitative estimate of drug-likeness (QED) is 0.310. The first-order chi connectivity index (χ1) is 14.3. The van der Waals surface area contributed by atoms with Crippen molar-refractivity contribution < 1.29 is 4.42 Å². The number of para-hydroxylation sites is 2. The van der Waals surface area contributed by atoms with Crippen molar-refractivity contribution in [3.63, 3.8) is 0 Å². The lowest BCUT2D eigenvalue weighted by Gasteiger charge is -2.07. The molecule has 6 aromatic rings. The molecule has 0 unspecified atom stereocenters.